The van der Waals surface area contributed by atoms with E-state index in [4.69, 9.17) is 9.47 Å². The maximum absolute atomic E-state index is 12.7. The van der Waals surface area contributed by atoms with Crippen molar-refractivity contribution in [3.63, 3.8) is 0 Å². The average molecular weight is 388 g/mol. The maximum atomic E-state index is 12.7. The molecule has 9 heteroatoms. The van der Waals surface area contributed by atoms with Gasteiger partial charge in [-0.15, -0.1) is 0 Å². The Hall–Kier alpha value is -3.46. The Morgan fingerprint density at radius 3 is 2.43 bits per heavy atom. The third-order valence-electron chi connectivity index (χ3n) is 4.36. The molecule has 0 bridgehead atoms. The molecule has 1 N–H and O–H groups in total. The van der Waals surface area contributed by atoms with E-state index < -0.39 is 22.8 Å². The van der Waals surface area contributed by atoms with E-state index in [-0.39, 0.29) is 34.8 Å². The molecule has 0 saturated heterocycles. The third kappa shape index (κ3) is 3.79. The number of carbonyl (C=O) groups excluding carboxylic acids is 2. The van der Waals surface area contributed by atoms with Crippen LogP contribution >= 0.6 is 0 Å². The van der Waals surface area contributed by atoms with Crippen molar-refractivity contribution in [1.29, 1.82) is 0 Å². The summed E-state index contributed by atoms with van der Waals surface area (Å²) in [5, 5.41) is 22.3. The molecule has 0 fully saturated rings. The first-order chi connectivity index (χ1) is 13.2. The number of nitro benzene ring substituents is 1. The van der Waals surface area contributed by atoms with Crippen LogP contribution in [0.25, 0.3) is 0 Å². The van der Waals surface area contributed by atoms with Gasteiger partial charge in [0.2, 0.25) is 0 Å². The third-order valence-corrected chi connectivity index (χ3v) is 4.36. The van der Waals surface area contributed by atoms with Gasteiger partial charge in [-0.05, 0) is 19.4 Å². The van der Waals surface area contributed by atoms with E-state index in [0.29, 0.717) is 10.6 Å². The smallest absolute Gasteiger partial charge is 0.337 e. The van der Waals surface area contributed by atoms with Gasteiger partial charge in [0.15, 0.2) is 0 Å². The number of rotatable bonds is 6. The number of hydrogen-bond donors (Lipinski definition) is 1. The first kappa shape index (κ1) is 20.8. The van der Waals surface area contributed by atoms with Crippen molar-refractivity contribution in [1.82, 2.24) is 5.06 Å². The number of allylic oxidation sites excluding steroid dienone is 2. The molecule has 1 aliphatic heterocycles. The lowest BCUT2D eigenvalue weighted by molar-refractivity contribution is -0.384. The molecule has 28 heavy (non-hydrogen) atoms. The number of nitro groups is 1. The van der Waals surface area contributed by atoms with Crippen molar-refractivity contribution in [2.24, 2.45) is 0 Å². The molecule has 148 valence electrons. The summed E-state index contributed by atoms with van der Waals surface area (Å²) in [6.07, 6.45) is 1.37. The minimum atomic E-state index is -1.02. The Morgan fingerprint density at radius 2 is 1.89 bits per heavy atom. The summed E-state index contributed by atoms with van der Waals surface area (Å²) in [5.74, 6) is -2.59. The Kier molecular flexibility index (Phi) is 6.32. The summed E-state index contributed by atoms with van der Waals surface area (Å²) in [6, 6.07) is 5.56. The number of hydrogen-bond acceptors (Lipinski definition) is 8. The molecule has 9 nitrogen and oxygen atoms in total. The summed E-state index contributed by atoms with van der Waals surface area (Å²) < 4.78 is 9.94. The fourth-order valence-electron chi connectivity index (χ4n) is 3.05. The number of ether oxygens (including phenoxy) is 2. The van der Waals surface area contributed by atoms with Crippen LogP contribution in [0.2, 0.25) is 0 Å². The molecule has 1 aromatic carbocycles. The van der Waals surface area contributed by atoms with Crippen LogP contribution in [-0.2, 0) is 19.1 Å². The van der Waals surface area contributed by atoms with Crippen LogP contribution in [0.3, 0.4) is 0 Å². The predicted molar refractivity (Wildman–Crippen MR) is 98.0 cm³/mol. The standard InChI is InChI=1S/C19H20N2O7/c1-5-9-28-19(23)16-12(3)20(24)11(2)15(18(22)27-4)17(16)13-7-6-8-14(10-13)21(25)26/h5-8,10,17,24H,1,9H2,2-4H3. The van der Waals surface area contributed by atoms with Gasteiger partial charge in [0, 0.05) is 12.1 Å². The highest BCUT2D eigenvalue weighted by Gasteiger charge is 2.40. The van der Waals surface area contributed by atoms with E-state index in [1.165, 1.54) is 38.1 Å². The number of non-ortho nitro benzene ring substituents is 1. The highest BCUT2D eigenvalue weighted by Crippen LogP contribution is 2.42. The van der Waals surface area contributed by atoms with Gasteiger partial charge in [-0.2, -0.15) is 0 Å². The Labute approximate surface area is 161 Å². The molecule has 0 saturated carbocycles. The number of methoxy groups -OCH3 is 1. The minimum Gasteiger partial charge on any atom is -0.466 e. The summed E-state index contributed by atoms with van der Waals surface area (Å²) in [6.45, 7) is 6.35. The van der Waals surface area contributed by atoms with Gasteiger partial charge in [0.1, 0.15) is 6.61 Å². The highest BCUT2D eigenvalue weighted by atomic mass is 16.6. The first-order valence-electron chi connectivity index (χ1n) is 8.25. The number of esters is 2. The van der Waals surface area contributed by atoms with E-state index >= 15 is 0 Å². The first-order valence-corrected chi connectivity index (χ1v) is 8.25. The molecule has 2 rings (SSSR count). The Balaban J connectivity index is 2.74. The lowest BCUT2D eigenvalue weighted by atomic mass is 9.80. The SMILES string of the molecule is C=CCOC(=O)C1=C(C)N(O)C(C)=C(C(=O)OC)C1c1cccc([N+](=O)[O-])c1. The molecule has 0 amide bonds. The van der Waals surface area contributed by atoms with Crippen molar-refractivity contribution >= 4 is 17.6 Å². The average Bonchev–Trinajstić information content (AvgIpc) is 2.69. The van der Waals surface area contributed by atoms with E-state index in [1.807, 2.05) is 0 Å². The second kappa shape index (κ2) is 8.49. The zero-order chi connectivity index (χ0) is 21.0. The summed E-state index contributed by atoms with van der Waals surface area (Å²) in [4.78, 5) is 35.8. The van der Waals surface area contributed by atoms with Crippen LogP contribution in [0, 0.1) is 10.1 Å². The zero-order valence-electron chi connectivity index (χ0n) is 15.7. The molecule has 1 atom stereocenters. The highest BCUT2D eigenvalue weighted by molar-refractivity contribution is 5.99. The molecular weight excluding hydrogens is 368 g/mol. The van der Waals surface area contributed by atoms with Gasteiger partial charge >= 0.3 is 11.9 Å². The van der Waals surface area contributed by atoms with Crippen LogP contribution < -0.4 is 0 Å². The molecule has 0 aliphatic carbocycles. The lowest BCUT2D eigenvalue weighted by Crippen LogP contribution is -2.33. The van der Waals surface area contributed by atoms with Gasteiger partial charge in [0.05, 0.1) is 40.5 Å². The monoisotopic (exact) mass is 388 g/mol. The number of carbonyl (C=O) groups is 2. The fraction of sp³-hybridized carbons (Fsp3) is 0.263. The fourth-order valence-corrected chi connectivity index (χ4v) is 3.05. The van der Waals surface area contributed by atoms with Crippen molar-refractivity contribution in [2.45, 2.75) is 19.8 Å². The molecule has 1 aliphatic rings. The lowest BCUT2D eigenvalue weighted by Gasteiger charge is -2.33. The van der Waals surface area contributed by atoms with Gasteiger partial charge in [0.25, 0.3) is 5.69 Å². The van der Waals surface area contributed by atoms with Crippen molar-refractivity contribution < 1.29 is 29.2 Å². The van der Waals surface area contributed by atoms with E-state index in [9.17, 15) is 24.9 Å². The van der Waals surface area contributed by atoms with E-state index in [1.54, 1.807) is 6.07 Å². The van der Waals surface area contributed by atoms with Crippen LogP contribution in [0.15, 0.2) is 59.5 Å². The minimum absolute atomic E-state index is 0.0262. The Bertz CT molecular complexity index is 901. The molecule has 0 spiro atoms. The van der Waals surface area contributed by atoms with Gasteiger partial charge < -0.3 is 9.47 Å². The van der Waals surface area contributed by atoms with Gasteiger partial charge in [-0.25, -0.2) is 14.7 Å². The normalized spacial score (nSPS) is 16.7. The molecule has 1 heterocycles. The summed E-state index contributed by atoms with van der Waals surface area (Å²) in [5.41, 5.74) is 0.323. The van der Waals surface area contributed by atoms with Gasteiger partial charge in [-0.1, -0.05) is 24.8 Å². The van der Waals surface area contributed by atoms with Crippen molar-refractivity contribution in [3.8, 4) is 0 Å². The van der Waals surface area contributed by atoms with Gasteiger partial charge in [-0.3, -0.25) is 15.3 Å². The van der Waals surface area contributed by atoms with Crippen LogP contribution in [-0.4, -0.2) is 40.8 Å². The molecule has 0 aromatic heterocycles. The maximum Gasteiger partial charge on any atom is 0.337 e. The van der Waals surface area contributed by atoms with E-state index in [2.05, 4.69) is 6.58 Å². The Morgan fingerprint density at radius 1 is 1.29 bits per heavy atom. The molecule has 1 unspecified atom stereocenters. The van der Waals surface area contributed by atoms with Crippen LogP contribution in [0.5, 0.6) is 0 Å². The van der Waals surface area contributed by atoms with Crippen LogP contribution in [0.1, 0.15) is 25.3 Å². The number of nitrogens with zero attached hydrogens (tertiary/aromatic N) is 2. The van der Waals surface area contributed by atoms with E-state index in [0.717, 1.165) is 7.11 Å². The second-order valence-corrected chi connectivity index (χ2v) is 5.97. The summed E-state index contributed by atoms with van der Waals surface area (Å²) >= 11 is 0. The molecule has 0 radical (unpaired) electrons. The predicted octanol–water partition coefficient (Wildman–Crippen LogP) is 2.83. The summed E-state index contributed by atoms with van der Waals surface area (Å²) in [7, 11) is 1.16. The number of hydroxylamine groups is 2. The topological polar surface area (TPSA) is 119 Å². The second-order valence-electron chi connectivity index (χ2n) is 5.97. The number of benzene rings is 1. The van der Waals surface area contributed by atoms with Crippen LogP contribution in [0.4, 0.5) is 5.69 Å². The quantitative estimate of drug-likeness (QED) is 0.342. The van der Waals surface area contributed by atoms with Crippen molar-refractivity contribution in [3.05, 3.63) is 75.1 Å². The molecular formula is C19H20N2O7. The largest absolute Gasteiger partial charge is 0.466 e. The molecule has 1 aromatic rings. The zero-order valence-corrected chi connectivity index (χ0v) is 15.7. The van der Waals surface area contributed by atoms with Crippen molar-refractivity contribution in [2.75, 3.05) is 13.7 Å².